The number of esters is 1. The van der Waals surface area contributed by atoms with Crippen molar-refractivity contribution in [2.45, 2.75) is 60.5 Å². The molecule has 232 valence electrons. The molecule has 0 aliphatic rings. The lowest BCUT2D eigenvalue weighted by Crippen LogP contribution is -2.26. The molecule has 0 aliphatic heterocycles. The second-order valence-corrected chi connectivity index (χ2v) is 11.2. The Bertz CT molecular complexity index is 1750. The van der Waals surface area contributed by atoms with E-state index in [9.17, 15) is 9.59 Å². The standard InChI is InChI=1S/C34H38BrN3O6/c1-8-41-29-15-21(6)26(17-25(29)20(4)5)32-37-28-14-12-11-13-24(28)33(39)38(32)36-19-23-16-30(42-9-2)31(18-27(23)35)44-22(7)34(40)43-10-3/h11-20,22H,8-10H2,1-7H3/t22-/m1/s1. The summed E-state index contributed by atoms with van der Waals surface area (Å²) in [4.78, 5) is 31.0. The number of benzene rings is 3. The van der Waals surface area contributed by atoms with Gasteiger partial charge in [0.05, 0.1) is 36.9 Å². The van der Waals surface area contributed by atoms with Gasteiger partial charge in [-0.05, 0) is 104 Å². The number of ether oxygens (including phenoxy) is 4. The highest BCUT2D eigenvalue weighted by atomic mass is 79.9. The molecule has 0 fully saturated rings. The smallest absolute Gasteiger partial charge is 0.347 e. The first-order valence-electron chi connectivity index (χ1n) is 14.7. The van der Waals surface area contributed by atoms with Crippen LogP contribution in [0.4, 0.5) is 0 Å². The normalized spacial score (nSPS) is 12.1. The quantitative estimate of drug-likeness (QED) is 0.116. The summed E-state index contributed by atoms with van der Waals surface area (Å²) in [7, 11) is 0. The van der Waals surface area contributed by atoms with E-state index in [2.05, 4.69) is 34.9 Å². The molecule has 44 heavy (non-hydrogen) atoms. The van der Waals surface area contributed by atoms with Gasteiger partial charge in [0.15, 0.2) is 23.4 Å². The average molecular weight is 665 g/mol. The Labute approximate surface area is 265 Å². The molecule has 10 heteroatoms. The predicted octanol–water partition coefficient (Wildman–Crippen LogP) is 7.27. The van der Waals surface area contributed by atoms with Crippen molar-refractivity contribution in [1.29, 1.82) is 0 Å². The molecule has 0 saturated carbocycles. The van der Waals surface area contributed by atoms with Gasteiger partial charge in [-0.2, -0.15) is 9.78 Å². The number of fused-ring (bicyclic) bond motifs is 1. The number of halogens is 1. The number of carbonyl (C=O) groups is 1. The van der Waals surface area contributed by atoms with Gasteiger partial charge in [0.1, 0.15) is 5.75 Å². The summed E-state index contributed by atoms with van der Waals surface area (Å²) in [6.45, 7) is 14.5. The molecule has 0 unspecified atom stereocenters. The van der Waals surface area contributed by atoms with Crippen molar-refractivity contribution >= 4 is 39.0 Å². The van der Waals surface area contributed by atoms with Crippen LogP contribution in [0.2, 0.25) is 0 Å². The van der Waals surface area contributed by atoms with Crippen LogP contribution in [0.3, 0.4) is 0 Å². The molecule has 4 rings (SSSR count). The van der Waals surface area contributed by atoms with E-state index in [1.165, 1.54) is 4.68 Å². The summed E-state index contributed by atoms with van der Waals surface area (Å²) in [5.74, 6) is 1.72. The fourth-order valence-corrected chi connectivity index (χ4v) is 5.13. The van der Waals surface area contributed by atoms with Crippen LogP contribution in [0.1, 0.15) is 64.2 Å². The van der Waals surface area contributed by atoms with E-state index in [0.717, 1.165) is 22.4 Å². The number of hydrogen-bond donors (Lipinski definition) is 0. The minimum absolute atomic E-state index is 0.181. The van der Waals surface area contributed by atoms with Gasteiger partial charge in [0.2, 0.25) is 0 Å². The number of rotatable bonds is 12. The molecular formula is C34H38BrN3O6. The van der Waals surface area contributed by atoms with Gasteiger partial charge in [-0.3, -0.25) is 4.79 Å². The zero-order valence-electron chi connectivity index (χ0n) is 26.1. The van der Waals surface area contributed by atoms with Crippen LogP contribution in [0.15, 0.2) is 62.9 Å². The number of para-hydroxylation sites is 1. The first-order chi connectivity index (χ1) is 21.1. The zero-order chi connectivity index (χ0) is 32.0. The fourth-order valence-electron chi connectivity index (χ4n) is 4.70. The van der Waals surface area contributed by atoms with Crippen molar-refractivity contribution in [2.24, 2.45) is 5.10 Å². The highest BCUT2D eigenvalue weighted by Gasteiger charge is 2.21. The number of nitrogens with zero attached hydrogens (tertiary/aromatic N) is 3. The van der Waals surface area contributed by atoms with Crippen molar-refractivity contribution in [3.63, 3.8) is 0 Å². The molecule has 0 radical (unpaired) electrons. The number of hydrogen-bond acceptors (Lipinski definition) is 8. The third-order valence-corrected chi connectivity index (χ3v) is 7.56. The van der Waals surface area contributed by atoms with Gasteiger partial charge >= 0.3 is 5.97 Å². The summed E-state index contributed by atoms with van der Waals surface area (Å²) in [5, 5.41) is 5.12. The Hall–Kier alpha value is -4.18. The first-order valence-corrected chi connectivity index (χ1v) is 15.5. The Balaban J connectivity index is 1.86. The van der Waals surface area contributed by atoms with Gasteiger partial charge < -0.3 is 18.9 Å². The van der Waals surface area contributed by atoms with Crippen LogP contribution < -0.4 is 19.8 Å². The Morgan fingerprint density at radius 2 is 1.68 bits per heavy atom. The largest absolute Gasteiger partial charge is 0.494 e. The van der Waals surface area contributed by atoms with E-state index in [1.54, 1.807) is 44.3 Å². The molecule has 1 atom stereocenters. The molecule has 0 bridgehead atoms. The lowest BCUT2D eigenvalue weighted by molar-refractivity contribution is -0.150. The zero-order valence-corrected chi connectivity index (χ0v) is 27.7. The maximum absolute atomic E-state index is 13.9. The van der Waals surface area contributed by atoms with Crippen LogP contribution >= 0.6 is 15.9 Å². The van der Waals surface area contributed by atoms with Crippen LogP contribution in [-0.4, -0.2) is 47.8 Å². The van der Waals surface area contributed by atoms with E-state index in [-0.39, 0.29) is 18.1 Å². The van der Waals surface area contributed by atoms with Crippen molar-refractivity contribution in [1.82, 2.24) is 9.66 Å². The minimum Gasteiger partial charge on any atom is -0.494 e. The molecule has 4 aromatic rings. The van der Waals surface area contributed by atoms with Gasteiger partial charge in [0, 0.05) is 15.6 Å². The number of aromatic nitrogens is 2. The molecule has 1 aromatic heterocycles. The van der Waals surface area contributed by atoms with Crippen molar-refractivity contribution in [3.8, 4) is 28.6 Å². The lowest BCUT2D eigenvalue weighted by atomic mass is 9.96. The fraction of sp³-hybridized carbons (Fsp3) is 0.353. The average Bonchev–Trinajstić information content (AvgIpc) is 2.98. The molecule has 3 aromatic carbocycles. The van der Waals surface area contributed by atoms with E-state index >= 15 is 0 Å². The topological polar surface area (TPSA) is 101 Å². The van der Waals surface area contributed by atoms with Crippen LogP contribution in [0, 0.1) is 6.92 Å². The first kappa shape index (κ1) is 32.7. The Morgan fingerprint density at radius 1 is 0.977 bits per heavy atom. The molecule has 0 N–H and O–H groups in total. The number of carbonyl (C=O) groups excluding carboxylic acids is 1. The van der Waals surface area contributed by atoms with Gasteiger partial charge in [-0.1, -0.05) is 26.0 Å². The summed E-state index contributed by atoms with van der Waals surface area (Å²) in [6, 6.07) is 14.7. The van der Waals surface area contributed by atoms with E-state index in [1.807, 2.05) is 45.0 Å². The third kappa shape index (κ3) is 7.13. The SMILES string of the molecule is CCOC(=O)[C@@H](C)Oc1cc(Br)c(C=Nn2c(-c3cc(C(C)C)c(OCC)cc3C)nc3ccccc3c2=O)cc1OCC. The van der Waals surface area contributed by atoms with Crippen LogP contribution in [-0.2, 0) is 9.53 Å². The highest BCUT2D eigenvalue weighted by molar-refractivity contribution is 9.10. The summed E-state index contributed by atoms with van der Waals surface area (Å²) in [5.41, 5.74) is 3.61. The van der Waals surface area contributed by atoms with E-state index < -0.39 is 12.1 Å². The summed E-state index contributed by atoms with van der Waals surface area (Å²) >= 11 is 3.59. The highest BCUT2D eigenvalue weighted by Crippen LogP contribution is 2.36. The van der Waals surface area contributed by atoms with Crippen molar-refractivity contribution in [2.75, 3.05) is 19.8 Å². The Morgan fingerprint density at radius 3 is 2.36 bits per heavy atom. The molecule has 0 aliphatic carbocycles. The predicted molar refractivity (Wildman–Crippen MR) is 176 cm³/mol. The minimum atomic E-state index is -0.835. The van der Waals surface area contributed by atoms with E-state index in [4.69, 9.17) is 23.9 Å². The molecule has 1 heterocycles. The third-order valence-electron chi connectivity index (χ3n) is 6.87. The number of aryl methyl sites for hydroxylation is 1. The van der Waals surface area contributed by atoms with Crippen LogP contribution in [0.25, 0.3) is 22.3 Å². The molecule has 0 saturated heterocycles. The van der Waals surface area contributed by atoms with Crippen molar-refractivity contribution in [3.05, 3.63) is 80.0 Å². The van der Waals surface area contributed by atoms with Crippen LogP contribution in [0.5, 0.6) is 17.2 Å². The summed E-state index contributed by atoms with van der Waals surface area (Å²) in [6.07, 6.45) is 0.734. The second-order valence-electron chi connectivity index (χ2n) is 10.4. The maximum Gasteiger partial charge on any atom is 0.347 e. The molecule has 0 amide bonds. The monoisotopic (exact) mass is 663 g/mol. The maximum atomic E-state index is 13.9. The molecular weight excluding hydrogens is 626 g/mol. The molecule has 9 nitrogen and oxygen atoms in total. The van der Waals surface area contributed by atoms with Crippen molar-refractivity contribution < 1.29 is 23.7 Å². The van der Waals surface area contributed by atoms with Gasteiger partial charge in [-0.15, -0.1) is 0 Å². The summed E-state index contributed by atoms with van der Waals surface area (Å²) < 4.78 is 24.7. The Kier molecular flexibility index (Phi) is 10.8. The van der Waals surface area contributed by atoms with Gasteiger partial charge in [-0.25, -0.2) is 9.78 Å². The van der Waals surface area contributed by atoms with Gasteiger partial charge in [0.25, 0.3) is 5.56 Å². The lowest BCUT2D eigenvalue weighted by Gasteiger charge is -2.18. The van der Waals surface area contributed by atoms with E-state index in [0.29, 0.717) is 51.5 Å². The molecule has 0 spiro atoms. The second kappa shape index (κ2) is 14.5.